The number of aromatic nitrogens is 3. The van der Waals surface area contributed by atoms with E-state index >= 15 is 0 Å². The first-order valence-electron chi connectivity index (χ1n) is 8.56. The van der Waals surface area contributed by atoms with Gasteiger partial charge in [0.2, 0.25) is 0 Å². The van der Waals surface area contributed by atoms with Crippen molar-refractivity contribution >= 4 is 16.9 Å². The van der Waals surface area contributed by atoms with Crippen molar-refractivity contribution in [1.29, 1.82) is 0 Å². The maximum absolute atomic E-state index is 14.1. The van der Waals surface area contributed by atoms with Gasteiger partial charge in [0.1, 0.15) is 23.3 Å². The largest absolute Gasteiger partial charge is 0.285 e. The van der Waals surface area contributed by atoms with Crippen LogP contribution in [0.5, 0.6) is 0 Å². The summed E-state index contributed by atoms with van der Waals surface area (Å²) in [5.41, 5.74) is 2.91. The van der Waals surface area contributed by atoms with Crippen molar-refractivity contribution in [3.8, 4) is 0 Å². The molecule has 0 N–H and O–H groups in total. The normalized spacial score (nSPS) is 20.9. The number of benzene rings is 2. The topological polar surface area (TPSA) is 46.3 Å². The molecule has 2 unspecified atom stereocenters. The number of fused-ring (bicyclic) bond motifs is 1. The Morgan fingerprint density at radius 3 is 2.85 bits per heavy atom. The summed E-state index contributed by atoms with van der Waals surface area (Å²) in [7, 11) is 0. The average Bonchev–Trinajstić information content (AvgIpc) is 3.21. The summed E-state index contributed by atoms with van der Waals surface area (Å²) in [6.45, 7) is 3.70. The molecular weight excluding hydrogens is 336 g/mol. The third-order valence-electron chi connectivity index (χ3n) is 4.82. The van der Waals surface area contributed by atoms with Crippen LogP contribution in [-0.4, -0.2) is 38.6 Å². The molecule has 3 aromatic rings. The molecule has 1 saturated heterocycles. The number of halogens is 2. The van der Waals surface area contributed by atoms with Gasteiger partial charge in [-0.3, -0.25) is 5.01 Å². The molecule has 1 aliphatic heterocycles. The Morgan fingerprint density at radius 2 is 2.00 bits per heavy atom. The minimum absolute atomic E-state index is 0.171. The lowest BCUT2D eigenvalue weighted by molar-refractivity contribution is 0.255. The van der Waals surface area contributed by atoms with Gasteiger partial charge < -0.3 is 0 Å². The van der Waals surface area contributed by atoms with E-state index in [1.54, 1.807) is 22.7 Å². The molecule has 0 saturated carbocycles. The second-order valence-electron chi connectivity index (χ2n) is 6.56. The van der Waals surface area contributed by atoms with E-state index in [0.717, 1.165) is 16.6 Å². The molecule has 0 radical (unpaired) electrons. The molecule has 4 rings (SSSR count). The molecule has 1 fully saturated rings. The van der Waals surface area contributed by atoms with E-state index in [1.807, 2.05) is 37.3 Å². The summed E-state index contributed by atoms with van der Waals surface area (Å²) < 4.78 is 29.7. The highest BCUT2D eigenvalue weighted by Crippen LogP contribution is 2.36. The number of hydrogen-bond donors (Lipinski definition) is 0. The van der Waals surface area contributed by atoms with Crippen LogP contribution in [0.3, 0.4) is 0 Å². The van der Waals surface area contributed by atoms with Crippen molar-refractivity contribution in [2.24, 2.45) is 5.10 Å². The lowest BCUT2D eigenvalue weighted by Gasteiger charge is -2.23. The standard InChI is InChI=1S/C19H19F2N5/c1-12-15(6-5-7-16(12)21)19-10-14(20)11-25(19)23-13(2)26-18-9-4-3-8-17(18)22-24-26/h3-9,14,19H,10-11H2,1-2H3/b23-13+. The Labute approximate surface area is 149 Å². The Hall–Kier alpha value is -2.83. The molecule has 2 aromatic carbocycles. The van der Waals surface area contributed by atoms with Crippen LogP contribution in [0.4, 0.5) is 8.78 Å². The molecule has 1 aromatic heterocycles. The van der Waals surface area contributed by atoms with Crippen molar-refractivity contribution in [1.82, 2.24) is 20.0 Å². The molecule has 2 atom stereocenters. The first-order valence-corrected chi connectivity index (χ1v) is 8.56. The molecule has 0 spiro atoms. The second kappa shape index (κ2) is 6.48. The molecule has 7 heteroatoms. The van der Waals surface area contributed by atoms with Gasteiger partial charge in [0.25, 0.3) is 0 Å². The number of hydrogen-bond acceptors (Lipinski definition) is 4. The zero-order chi connectivity index (χ0) is 18.3. The predicted octanol–water partition coefficient (Wildman–Crippen LogP) is 3.85. The molecule has 134 valence electrons. The van der Waals surface area contributed by atoms with Gasteiger partial charge in [-0.2, -0.15) is 9.78 Å². The van der Waals surface area contributed by atoms with Gasteiger partial charge in [-0.1, -0.05) is 29.5 Å². The number of nitrogens with zero attached hydrogens (tertiary/aromatic N) is 5. The van der Waals surface area contributed by atoms with Crippen molar-refractivity contribution in [3.05, 3.63) is 59.4 Å². The maximum Gasteiger partial charge on any atom is 0.149 e. The number of alkyl halides is 1. The van der Waals surface area contributed by atoms with Crippen molar-refractivity contribution < 1.29 is 8.78 Å². The quantitative estimate of drug-likeness (QED) is 0.518. The van der Waals surface area contributed by atoms with E-state index < -0.39 is 6.17 Å². The number of para-hydroxylation sites is 1. The Balaban J connectivity index is 1.71. The van der Waals surface area contributed by atoms with Gasteiger partial charge >= 0.3 is 0 Å². The lowest BCUT2D eigenvalue weighted by atomic mass is 9.99. The average molecular weight is 355 g/mol. The molecule has 0 amide bonds. The van der Waals surface area contributed by atoms with Crippen LogP contribution >= 0.6 is 0 Å². The summed E-state index contributed by atoms with van der Waals surface area (Å²) in [5, 5.41) is 14.6. The first kappa shape index (κ1) is 16.6. The third kappa shape index (κ3) is 2.83. The highest BCUT2D eigenvalue weighted by atomic mass is 19.1. The van der Waals surface area contributed by atoms with Gasteiger partial charge in [-0.15, -0.1) is 5.10 Å². The Kier molecular flexibility index (Phi) is 4.14. The molecule has 0 aliphatic carbocycles. The van der Waals surface area contributed by atoms with Crippen molar-refractivity contribution in [3.63, 3.8) is 0 Å². The van der Waals surface area contributed by atoms with Crippen molar-refractivity contribution in [2.75, 3.05) is 6.54 Å². The lowest BCUT2D eigenvalue weighted by Crippen LogP contribution is -2.23. The highest BCUT2D eigenvalue weighted by molar-refractivity contribution is 5.90. The van der Waals surface area contributed by atoms with E-state index in [-0.39, 0.29) is 18.4 Å². The molecular formula is C19H19F2N5. The van der Waals surface area contributed by atoms with Gasteiger partial charge in [0, 0.05) is 6.42 Å². The second-order valence-corrected chi connectivity index (χ2v) is 6.56. The van der Waals surface area contributed by atoms with E-state index in [2.05, 4.69) is 15.4 Å². The smallest absolute Gasteiger partial charge is 0.149 e. The van der Waals surface area contributed by atoms with Crippen molar-refractivity contribution in [2.45, 2.75) is 32.5 Å². The minimum atomic E-state index is -1.01. The zero-order valence-corrected chi connectivity index (χ0v) is 14.6. The number of hydrazone groups is 1. The molecule has 0 bridgehead atoms. The zero-order valence-electron chi connectivity index (χ0n) is 14.6. The van der Waals surface area contributed by atoms with Crippen LogP contribution < -0.4 is 0 Å². The summed E-state index contributed by atoms with van der Waals surface area (Å²) in [4.78, 5) is 0. The van der Waals surface area contributed by atoms with Crippen LogP contribution in [0, 0.1) is 12.7 Å². The Bertz CT molecular complexity index is 981. The van der Waals surface area contributed by atoms with E-state index in [0.29, 0.717) is 17.8 Å². The summed E-state index contributed by atoms with van der Waals surface area (Å²) in [6, 6.07) is 12.2. The first-order chi connectivity index (χ1) is 12.5. The van der Waals surface area contributed by atoms with E-state index in [9.17, 15) is 8.78 Å². The van der Waals surface area contributed by atoms with E-state index in [1.165, 1.54) is 6.07 Å². The van der Waals surface area contributed by atoms with Gasteiger partial charge in [-0.25, -0.2) is 8.78 Å². The fourth-order valence-corrected chi connectivity index (χ4v) is 3.49. The fraction of sp³-hybridized carbons (Fsp3) is 0.316. The van der Waals surface area contributed by atoms with Gasteiger partial charge in [-0.05, 0) is 43.2 Å². The van der Waals surface area contributed by atoms with Crippen LogP contribution in [0.25, 0.3) is 11.0 Å². The molecule has 5 nitrogen and oxygen atoms in total. The molecule has 26 heavy (non-hydrogen) atoms. The molecule has 1 aliphatic rings. The monoisotopic (exact) mass is 355 g/mol. The van der Waals surface area contributed by atoms with Crippen LogP contribution in [0.2, 0.25) is 0 Å². The summed E-state index contributed by atoms with van der Waals surface area (Å²) in [6.07, 6.45) is -0.717. The maximum atomic E-state index is 14.1. The third-order valence-corrected chi connectivity index (χ3v) is 4.82. The van der Waals surface area contributed by atoms with E-state index in [4.69, 9.17) is 0 Å². The van der Waals surface area contributed by atoms with Crippen LogP contribution in [0.15, 0.2) is 47.6 Å². The minimum Gasteiger partial charge on any atom is -0.285 e. The predicted molar refractivity (Wildman–Crippen MR) is 96.1 cm³/mol. The SMILES string of the molecule is C/C(=N\N1CC(F)CC1c1cccc(F)c1C)n1nnc2ccccc21. The van der Waals surface area contributed by atoms with Crippen LogP contribution in [0.1, 0.15) is 30.5 Å². The Morgan fingerprint density at radius 1 is 1.19 bits per heavy atom. The number of rotatable bonds is 2. The fourth-order valence-electron chi connectivity index (χ4n) is 3.49. The molecule has 2 heterocycles. The van der Waals surface area contributed by atoms with Crippen LogP contribution in [-0.2, 0) is 0 Å². The van der Waals surface area contributed by atoms with Gasteiger partial charge in [0.05, 0.1) is 18.1 Å². The highest BCUT2D eigenvalue weighted by Gasteiger charge is 2.34. The van der Waals surface area contributed by atoms with Gasteiger partial charge in [0.15, 0.2) is 0 Å². The summed E-state index contributed by atoms with van der Waals surface area (Å²) >= 11 is 0. The summed E-state index contributed by atoms with van der Waals surface area (Å²) in [5.74, 6) is 0.305.